The molecule has 0 saturated heterocycles. The first-order chi connectivity index (χ1) is 6.74. The molecule has 1 N–H and O–H groups in total. The lowest BCUT2D eigenvalue weighted by Gasteiger charge is -2.08. The largest absolute Gasteiger partial charge is 0.392 e. The highest BCUT2D eigenvalue weighted by atomic mass is 16.3. The van der Waals surface area contributed by atoms with Crippen molar-refractivity contribution >= 4 is 10.8 Å². The third-order valence-corrected chi connectivity index (χ3v) is 2.65. The third kappa shape index (κ3) is 1.28. The molecule has 14 heavy (non-hydrogen) atoms. The Labute approximate surface area is 83.2 Å². The number of aromatic nitrogens is 1. The average molecular weight is 187 g/mol. The van der Waals surface area contributed by atoms with E-state index in [0.717, 1.165) is 27.6 Å². The maximum Gasteiger partial charge on any atom is 0.0690 e. The van der Waals surface area contributed by atoms with Gasteiger partial charge in [0, 0.05) is 17.3 Å². The van der Waals surface area contributed by atoms with E-state index in [1.165, 1.54) is 0 Å². The topological polar surface area (TPSA) is 33.1 Å². The van der Waals surface area contributed by atoms with Crippen LogP contribution in [0.25, 0.3) is 10.8 Å². The molecule has 1 heterocycles. The summed E-state index contributed by atoms with van der Waals surface area (Å²) in [6.45, 7) is 4.09. The Hall–Kier alpha value is -1.41. The van der Waals surface area contributed by atoms with Crippen LogP contribution in [0.3, 0.4) is 0 Å². The molecular formula is C12H13NO. The first kappa shape index (κ1) is 9.16. The number of hydrogen-bond acceptors (Lipinski definition) is 2. The summed E-state index contributed by atoms with van der Waals surface area (Å²) in [6.07, 6.45) is 1.79. The Bertz CT molecular complexity index is 477. The minimum atomic E-state index is 0.0899. The van der Waals surface area contributed by atoms with Crippen molar-refractivity contribution in [1.29, 1.82) is 0 Å². The van der Waals surface area contributed by atoms with Crippen LogP contribution in [0.1, 0.15) is 16.8 Å². The van der Waals surface area contributed by atoms with Gasteiger partial charge in [-0.3, -0.25) is 4.98 Å². The van der Waals surface area contributed by atoms with Crippen LogP contribution in [0.4, 0.5) is 0 Å². The molecule has 0 fully saturated rings. The number of aliphatic hydroxyl groups excluding tert-OH is 1. The number of pyridine rings is 1. The Balaban J connectivity index is 2.88. The van der Waals surface area contributed by atoms with Crippen LogP contribution in [-0.4, -0.2) is 10.1 Å². The summed E-state index contributed by atoms with van der Waals surface area (Å²) in [5, 5.41) is 11.5. The van der Waals surface area contributed by atoms with Gasteiger partial charge in [0.25, 0.3) is 0 Å². The van der Waals surface area contributed by atoms with E-state index < -0.39 is 0 Å². The molecule has 0 aliphatic heterocycles. The van der Waals surface area contributed by atoms with E-state index >= 15 is 0 Å². The Morgan fingerprint density at radius 2 is 1.93 bits per heavy atom. The summed E-state index contributed by atoms with van der Waals surface area (Å²) >= 11 is 0. The fourth-order valence-corrected chi connectivity index (χ4v) is 1.78. The third-order valence-electron chi connectivity index (χ3n) is 2.65. The van der Waals surface area contributed by atoms with Crippen molar-refractivity contribution in [3.63, 3.8) is 0 Å². The monoisotopic (exact) mass is 187 g/mol. The second-order valence-corrected chi connectivity index (χ2v) is 3.51. The molecule has 2 nitrogen and oxygen atoms in total. The highest BCUT2D eigenvalue weighted by Crippen LogP contribution is 2.23. The summed E-state index contributed by atoms with van der Waals surface area (Å²) in [5.74, 6) is 0. The average Bonchev–Trinajstić information content (AvgIpc) is 2.18. The summed E-state index contributed by atoms with van der Waals surface area (Å²) in [6, 6.07) is 6.05. The van der Waals surface area contributed by atoms with Crippen LogP contribution in [-0.2, 0) is 6.61 Å². The molecule has 0 aliphatic rings. The molecule has 1 aromatic carbocycles. The van der Waals surface area contributed by atoms with Crippen molar-refractivity contribution in [3.8, 4) is 0 Å². The number of aryl methyl sites for hydroxylation is 2. The minimum Gasteiger partial charge on any atom is -0.392 e. The van der Waals surface area contributed by atoms with Crippen molar-refractivity contribution < 1.29 is 5.11 Å². The summed E-state index contributed by atoms with van der Waals surface area (Å²) in [5.41, 5.74) is 3.15. The van der Waals surface area contributed by atoms with Crippen molar-refractivity contribution in [3.05, 3.63) is 41.2 Å². The van der Waals surface area contributed by atoms with Crippen molar-refractivity contribution in [2.24, 2.45) is 0 Å². The van der Waals surface area contributed by atoms with Crippen molar-refractivity contribution in [2.75, 3.05) is 0 Å². The molecule has 0 atom stereocenters. The van der Waals surface area contributed by atoms with Gasteiger partial charge in [-0.15, -0.1) is 0 Å². The molecule has 0 bridgehead atoms. The zero-order valence-electron chi connectivity index (χ0n) is 8.41. The lowest BCUT2D eigenvalue weighted by molar-refractivity contribution is 0.282. The first-order valence-electron chi connectivity index (χ1n) is 4.68. The number of nitrogens with zero attached hydrogens (tertiary/aromatic N) is 1. The van der Waals surface area contributed by atoms with Crippen LogP contribution in [0, 0.1) is 13.8 Å². The van der Waals surface area contributed by atoms with Crippen LogP contribution in [0.15, 0.2) is 24.4 Å². The smallest absolute Gasteiger partial charge is 0.0690 e. The van der Waals surface area contributed by atoms with Gasteiger partial charge in [-0.2, -0.15) is 0 Å². The quantitative estimate of drug-likeness (QED) is 0.743. The number of rotatable bonds is 1. The van der Waals surface area contributed by atoms with Gasteiger partial charge in [0.2, 0.25) is 0 Å². The fourth-order valence-electron chi connectivity index (χ4n) is 1.78. The maximum absolute atomic E-state index is 9.29. The number of fused-ring (bicyclic) bond motifs is 1. The zero-order valence-corrected chi connectivity index (χ0v) is 8.41. The van der Waals surface area contributed by atoms with Gasteiger partial charge in [-0.25, -0.2) is 0 Å². The second-order valence-electron chi connectivity index (χ2n) is 3.51. The predicted molar refractivity (Wildman–Crippen MR) is 57.1 cm³/mol. The maximum atomic E-state index is 9.29. The van der Waals surface area contributed by atoms with E-state index in [2.05, 4.69) is 11.1 Å². The molecule has 0 amide bonds. The second kappa shape index (κ2) is 3.39. The molecule has 0 radical (unpaired) electrons. The van der Waals surface area contributed by atoms with Gasteiger partial charge in [0.15, 0.2) is 0 Å². The van der Waals surface area contributed by atoms with E-state index in [-0.39, 0.29) is 6.61 Å². The van der Waals surface area contributed by atoms with Gasteiger partial charge in [-0.05, 0) is 36.4 Å². The highest BCUT2D eigenvalue weighted by Gasteiger charge is 2.05. The molecule has 0 aliphatic carbocycles. The summed E-state index contributed by atoms with van der Waals surface area (Å²) in [4.78, 5) is 4.23. The standard InChI is InChI=1S/C12H13NO/c1-8-3-4-10-9(2)13-6-5-11(10)12(8)7-14/h3-6,14H,7H2,1-2H3. The zero-order chi connectivity index (χ0) is 10.1. The Kier molecular flexibility index (Phi) is 2.22. The molecule has 0 spiro atoms. The van der Waals surface area contributed by atoms with E-state index in [9.17, 15) is 5.11 Å². The Morgan fingerprint density at radius 3 is 2.64 bits per heavy atom. The molecule has 1 aromatic heterocycles. The number of aliphatic hydroxyl groups is 1. The van der Waals surface area contributed by atoms with Crippen LogP contribution in [0.2, 0.25) is 0 Å². The number of benzene rings is 1. The van der Waals surface area contributed by atoms with Gasteiger partial charge in [0.1, 0.15) is 0 Å². The molecule has 2 rings (SSSR count). The molecule has 0 saturated carbocycles. The van der Waals surface area contributed by atoms with Gasteiger partial charge >= 0.3 is 0 Å². The van der Waals surface area contributed by atoms with Gasteiger partial charge < -0.3 is 5.11 Å². The lowest BCUT2D eigenvalue weighted by atomic mass is 10.0. The summed E-state index contributed by atoms with van der Waals surface area (Å²) < 4.78 is 0. The summed E-state index contributed by atoms with van der Waals surface area (Å²) in [7, 11) is 0. The van der Waals surface area contributed by atoms with E-state index in [1.54, 1.807) is 6.20 Å². The highest BCUT2D eigenvalue weighted by molar-refractivity contribution is 5.88. The van der Waals surface area contributed by atoms with Crippen LogP contribution in [0.5, 0.6) is 0 Å². The van der Waals surface area contributed by atoms with Gasteiger partial charge in [-0.1, -0.05) is 12.1 Å². The van der Waals surface area contributed by atoms with E-state index in [1.807, 2.05) is 26.0 Å². The van der Waals surface area contributed by atoms with E-state index in [0.29, 0.717) is 0 Å². The van der Waals surface area contributed by atoms with Crippen LogP contribution >= 0.6 is 0 Å². The molecule has 0 unspecified atom stereocenters. The SMILES string of the molecule is Cc1ccc2c(C)nccc2c1CO. The number of hydrogen-bond donors (Lipinski definition) is 1. The van der Waals surface area contributed by atoms with Crippen molar-refractivity contribution in [2.45, 2.75) is 20.5 Å². The molecule has 72 valence electrons. The molecule has 2 aromatic rings. The minimum absolute atomic E-state index is 0.0899. The van der Waals surface area contributed by atoms with E-state index in [4.69, 9.17) is 0 Å². The fraction of sp³-hybridized carbons (Fsp3) is 0.250. The Morgan fingerprint density at radius 1 is 1.14 bits per heavy atom. The lowest BCUT2D eigenvalue weighted by Crippen LogP contribution is -1.93. The van der Waals surface area contributed by atoms with Crippen molar-refractivity contribution in [1.82, 2.24) is 4.98 Å². The normalized spacial score (nSPS) is 10.8. The molecular weight excluding hydrogens is 174 g/mol. The predicted octanol–water partition coefficient (Wildman–Crippen LogP) is 2.34. The van der Waals surface area contributed by atoms with Gasteiger partial charge in [0.05, 0.1) is 6.61 Å². The molecule has 2 heteroatoms. The van der Waals surface area contributed by atoms with Crippen LogP contribution < -0.4 is 0 Å². The first-order valence-corrected chi connectivity index (χ1v) is 4.68.